The number of carbonyl (C=O) groups is 2. The number of hydrogen-bond acceptors (Lipinski definition) is 3. The Morgan fingerprint density at radius 1 is 1.44 bits per heavy atom. The van der Waals surface area contributed by atoms with Gasteiger partial charge in [0, 0.05) is 4.47 Å². The van der Waals surface area contributed by atoms with Crippen molar-refractivity contribution in [3.8, 4) is 0 Å². The van der Waals surface area contributed by atoms with Crippen LogP contribution in [-0.4, -0.2) is 34.2 Å². The summed E-state index contributed by atoms with van der Waals surface area (Å²) in [5.74, 6) is -1.97. The molecule has 0 aromatic heterocycles. The van der Waals surface area contributed by atoms with Gasteiger partial charge in [0.05, 0.1) is 16.7 Å². The number of carbonyl (C=O) groups excluding carboxylic acids is 1. The lowest BCUT2D eigenvalue weighted by Crippen LogP contribution is -2.47. The minimum atomic E-state index is -1.38. The van der Waals surface area contributed by atoms with Crippen LogP contribution in [0.4, 0.5) is 0 Å². The summed E-state index contributed by atoms with van der Waals surface area (Å²) in [5, 5.41) is 20.5. The molecule has 0 saturated carbocycles. The predicted octanol–water partition coefficient (Wildman–Crippen LogP) is 1.67. The number of nitrogens with one attached hydrogen (secondary N) is 1. The summed E-state index contributed by atoms with van der Waals surface area (Å²) in [6.45, 7) is 1.28. The van der Waals surface area contributed by atoms with Gasteiger partial charge in [-0.2, -0.15) is 0 Å². The number of aliphatic hydroxyl groups is 1. The smallest absolute Gasteiger partial charge is 0.328 e. The van der Waals surface area contributed by atoms with Gasteiger partial charge >= 0.3 is 5.97 Å². The second kappa shape index (κ2) is 6.17. The molecular weight excluding hydrogens is 325 g/mol. The van der Waals surface area contributed by atoms with Crippen molar-refractivity contribution in [2.45, 2.75) is 19.1 Å². The van der Waals surface area contributed by atoms with Gasteiger partial charge < -0.3 is 15.5 Å². The van der Waals surface area contributed by atoms with E-state index < -0.39 is 24.0 Å². The molecule has 0 aliphatic carbocycles. The molecule has 0 aliphatic heterocycles. The summed E-state index contributed by atoms with van der Waals surface area (Å²) in [4.78, 5) is 22.6. The topological polar surface area (TPSA) is 86.6 Å². The molecule has 0 bridgehead atoms. The Morgan fingerprint density at radius 2 is 2.06 bits per heavy atom. The summed E-state index contributed by atoms with van der Waals surface area (Å²) in [5.41, 5.74) is 0.145. The number of benzene rings is 1. The van der Waals surface area contributed by atoms with Crippen molar-refractivity contribution in [1.82, 2.24) is 5.32 Å². The summed E-state index contributed by atoms with van der Waals surface area (Å²) in [6, 6.07) is 3.22. The lowest BCUT2D eigenvalue weighted by Gasteiger charge is -2.17. The van der Waals surface area contributed by atoms with Gasteiger partial charge in [-0.05, 0) is 25.1 Å². The van der Waals surface area contributed by atoms with Crippen molar-refractivity contribution < 1.29 is 19.8 Å². The van der Waals surface area contributed by atoms with E-state index in [2.05, 4.69) is 21.2 Å². The second-order valence-corrected chi connectivity index (χ2v) is 4.98. The molecule has 1 amide bonds. The van der Waals surface area contributed by atoms with E-state index in [9.17, 15) is 14.7 Å². The van der Waals surface area contributed by atoms with Gasteiger partial charge in [0.2, 0.25) is 0 Å². The third-order valence-corrected chi connectivity index (χ3v) is 3.02. The molecule has 0 heterocycles. The minimum Gasteiger partial charge on any atom is -0.480 e. The van der Waals surface area contributed by atoms with Crippen LogP contribution in [0.15, 0.2) is 22.7 Å². The molecule has 0 spiro atoms. The first-order valence-corrected chi connectivity index (χ1v) is 6.17. The van der Waals surface area contributed by atoms with E-state index >= 15 is 0 Å². The molecule has 1 aromatic rings. The zero-order chi connectivity index (χ0) is 13.9. The first kappa shape index (κ1) is 14.9. The normalized spacial score (nSPS) is 13.8. The zero-order valence-corrected chi connectivity index (χ0v) is 11.7. The Bertz CT molecular complexity index is 478. The van der Waals surface area contributed by atoms with E-state index in [0.29, 0.717) is 4.47 Å². The third-order valence-electron chi connectivity index (χ3n) is 2.21. The van der Waals surface area contributed by atoms with Gasteiger partial charge in [-0.1, -0.05) is 27.5 Å². The molecule has 0 saturated heterocycles. The number of carboxylic acids is 1. The Kier molecular flexibility index (Phi) is 5.13. The van der Waals surface area contributed by atoms with Crippen LogP contribution in [0.1, 0.15) is 17.3 Å². The van der Waals surface area contributed by atoms with E-state index in [1.165, 1.54) is 19.1 Å². The quantitative estimate of drug-likeness (QED) is 0.780. The van der Waals surface area contributed by atoms with Crippen molar-refractivity contribution in [2.24, 2.45) is 0 Å². The molecule has 0 aliphatic rings. The molecule has 3 N–H and O–H groups in total. The SMILES string of the molecule is C[C@@H](O)[C@H](NC(=O)c1ccc(Br)cc1Cl)C(=O)O. The molecule has 0 radical (unpaired) electrons. The largest absolute Gasteiger partial charge is 0.480 e. The fourth-order valence-corrected chi connectivity index (χ4v) is 2.04. The summed E-state index contributed by atoms with van der Waals surface area (Å²) in [7, 11) is 0. The van der Waals surface area contributed by atoms with Gasteiger partial charge in [0.25, 0.3) is 5.91 Å². The van der Waals surface area contributed by atoms with Crippen LogP contribution in [0.5, 0.6) is 0 Å². The summed E-state index contributed by atoms with van der Waals surface area (Å²) >= 11 is 9.06. The van der Waals surface area contributed by atoms with Crippen LogP contribution in [0.3, 0.4) is 0 Å². The predicted molar refractivity (Wildman–Crippen MR) is 69.7 cm³/mol. The number of carboxylic acid groups (broad SMARTS) is 1. The number of aliphatic hydroxyl groups excluding tert-OH is 1. The number of hydrogen-bond donors (Lipinski definition) is 3. The highest BCUT2D eigenvalue weighted by Gasteiger charge is 2.26. The van der Waals surface area contributed by atoms with Gasteiger partial charge in [-0.15, -0.1) is 0 Å². The van der Waals surface area contributed by atoms with Crippen LogP contribution in [-0.2, 0) is 4.79 Å². The zero-order valence-electron chi connectivity index (χ0n) is 9.35. The molecule has 1 rings (SSSR count). The molecule has 0 unspecified atom stereocenters. The van der Waals surface area contributed by atoms with E-state index in [0.717, 1.165) is 0 Å². The maximum Gasteiger partial charge on any atom is 0.328 e. The second-order valence-electron chi connectivity index (χ2n) is 3.65. The van der Waals surface area contributed by atoms with E-state index in [-0.39, 0.29) is 10.6 Å². The monoisotopic (exact) mass is 335 g/mol. The maximum absolute atomic E-state index is 11.8. The highest BCUT2D eigenvalue weighted by Crippen LogP contribution is 2.21. The molecule has 7 heteroatoms. The van der Waals surface area contributed by atoms with E-state index in [4.69, 9.17) is 16.7 Å². The third kappa shape index (κ3) is 3.69. The van der Waals surface area contributed by atoms with Crippen molar-refractivity contribution in [2.75, 3.05) is 0 Å². The van der Waals surface area contributed by atoms with Crippen molar-refractivity contribution in [3.05, 3.63) is 33.3 Å². The molecule has 18 heavy (non-hydrogen) atoms. The Labute approximate surface area is 117 Å². The maximum atomic E-state index is 11.8. The molecule has 5 nitrogen and oxygen atoms in total. The molecule has 0 fully saturated rings. The fourth-order valence-electron chi connectivity index (χ4n) is 1.28. The van der Waals surface area contributed by atoms with Gasteiger partial charge in [0.1, 0.15) is 0 Å². The van der Waals surface area contributed by atoms with Crippen molar-refractivity contribution in [1.29, 1.82) is 0 Å². The number of amides is 1. The van der Waals surface area contributed by atoms with Gasteiger partial charge in [-0.3, -0.25) is 4.79 Å². The molecule has 98 valence electrons. The van der Waals surface area contributed by atoms with Crippen LogP contribution in [0, 0.1) is 0 Å². The standard InChI is InChI=1S/C11H11BrClNO4/c1-5(15)9(11(17)18)14-10(16)7-3-2-6(12)4-8(7)13/h2-5,9,15H,1H3,(H,14,16)(H,17,18)/t5-,9+/m1/s1. The number of aliphatic carboxylic acids is 1. The average molecular weight is 337 g/mol. The van der Waals surface area contributed by atoms with Crippen LogP contribution >= 0.6 is 27.5 Å². The first-order chi connectivity index (χ1) is 8.32. The highest BCUT2D eigenvalue weighted by molar-refractivity contribution is 9.10. The lowest BCUT2D eigenvalue weighted by molar-refractivity contribution is -0.141. The lowest BCUT2D eigenvalue weighted by atomic mass is 10.1. The molecular formula is C11H11BrClNO4. The van der Waals surface area contributed by atoms with Crippen LogP contribution in [0.25, 0.3) is 0 Å². The molecule has 1 aromatic carbocycles. The van der Waals surface area contributed by atoms with Crippen molar-refractivity contribution >= 4 is 39.4 Å². The van der Waals surface area contributed by atoms with E-state index in [1.807, 2.05) is 0 Å². The Hall–Kier alpha value is -1.11. The van der Waals surface area contributed by atoms with Crippen LogP contribution in [0.2, 0.25) is 5.02 Å². The number of rotatable bonds is 4. The van der Waals surface area contributed by atoms with Crippen LogP contribution < -0.4 is 5.32 Å². The first-order valence-electron chi connectivity index (χ1n) is 4.99. The minimum absolute atomic E-state index is 0.145. The van der Waals surface area contributed by atoms with Gasteiger partial charge in [0.15, 0.2) is 6.04 Å². The summed E-state index contributed by atoms with van der Waals surface area (Å²) in [6.07, 6.45) is -1.21. The number of halogens is 2. The molecule has 2 atom stereocenters. The summed E-state index contributed by atoms with van der Waals surface area (Å²) < 4.78 is 0.703. The van der Waals surface area contributed by atoms with Gasteiger partial charge in [-0.25, -0.2) is 4.79 Å². The Balaban J connectivity index is 2.91. The average Bonchev–Trinajstić information content (AvgIpc) is 2.24. The fraction of sp³-hybridized carbons (Fsp3) is 0.273. The van der Waals surface area contributed by atoms with E-state index in [1.54, 1.807) is 6.07 Å². The Morgan fingerprint density at radius 3 is 2.50 bits per heavy atom. The van der Waals surface area contributed by atoms with Crippen molar-refractivity contribution in [3.63, 3.8) is 0 Å². The highest BCUT2D eigenvalue weighted by atomic mass is 79.9.